The fraction of sp³-hybridized carbons (Fsp3) is 0.357. The second kappa shape index (κ2) is 7.14. The maximum atomic E-state index is 12.4. The molecular formula is C14H16N2O4. The first kappa shape index (κ1) is 15.5. The van der Waals surface area contributed by atoms with Crippen LogP contribution in [0.25, 0.3) is 0 Å². The van der Waals surface area contributed by atoms with E-state index in [-0.39, 0.29) is 29.5 Å². The van der Waals surface area contributed by atoms with E-state index >= 15 is 0 Å². The predicted molar refractivity (Wildman–Crippen MR) is 74.7 cm³/mol. The molecule has 0 atom stereocenters. The van der Waals surface area contributed by atoms with Gasteiger partial charge in [0.05, 0.1) is 30.2 Å². The van der Waals surface area contributed by atoms with E-state index in [4.69, 9.17) is 11.2 Å². The molecule has 0 aliphatic carbocycles. The van der Waals surface area contributed by atoms with E-state index in [0.29, 0.717) is 6.54 Å². The summed E-state index contributed by atoms with van der Waals surface area (Å²) in [6.45, 7) is 2.64. The van der Waals surface area contributed by atoms with E-state index in [1.54, 1.807) is 0 Å². The van der Waals surface area contributed by atoms with Gasteiger partial charge in [0.1, 0.15) is 5.75 Å². The summed E-state index contributed by atoms with van der Waals surface area (Å²) in [4.78, 5) is 24.0. The lowest BCUT2D eigenvalue weighted by molar-refractivity contribution is -0.384. The summed E-state index contributed by atoms with van der Waals surface area (Å²) in [7, 11) is 1.36. The molecule has 0 aromatic heterocycles. The molecule has 0 saturated carbocycles. The lowest BCUT2D eigenvalue weighted by atomic mass is 10.1. The van der Waals surface area contributed by atoms with Crippen LogP contribution < -0.4 is 4.74 Å². The summed E-state index contributed by atoms with van der Waals surface area (Å²) in [5.74, 6) is 2.30. The molecule has 0 fully saturated rings. The predicted octanol–water partition coefficient (Wildman–Crippen LogP) is 2.09. The molecule has 106 valence electrons. The Kier molecular flexibility index (Phi) is 5.54. The van der Waals surface area contributed by atoms with Gasteiger partial charge in [0, 0.05) is 12.6 Å². The highest BCUT2D eigenvalue weighted by Gasteiger charge is 2.20. The van der Waals surface area contributed by atoms with Gasteiger partial charge in [-0.1, -0.05) is 12.8 Å². The smallest absolute Gasteiger partial charge is 0.273 e. The Hall–Kier alpha value is -2.55. The molecular weight excluding hydrogens is 260 g/mol. The Bertz CT molecular complexity index is 549. The maximum Gasteiger partial charge on any atom is 0.273 e. The van der Waals surface area contributed by atoms with Crippen LogP contribution in [0, 0.1) is 22.5 Å². The summed E-state index contributed by atoms with van der Waals surface area (Å²) in [6.07, 6.45) is 6.01. The van der Waals surface area contributed by atoms with Gasteiger partial charge in [-0.3, -0.25) is 14.9 Å². The van der Waals surface area contributed by atoms with Gasteiger partial charge in [-0.05, 0) is 12.5 Å². The van der Waals surface area contributed by atoms with Crippen LogP contribution in [0.15, 0.2) is 18.2 Å². The van der Waals surface area contributed by atoms with Crippen LogP contribution in [0.4, 0.5) is 5.69 Å². The van der Waals surface area contributed by atoms with Crippen molar-refractivity contribution in [3.8, 4) is 18.1 Å². The largest absolute Gasteiger partial charge is 0.496 e. The van der Waals surface area contributed by atoms with Gasteiger partial charge in [-0.15, -0.1) is 6.42 Å². The van der Waals surface area contributed by atoms with Crippen LogP contribution in [0.1, 0.15) is 23.7 Å². The van der Waals surface area contributed by atoms with Crippen LogP contribution in [0.3, 0.4) is 0 Å². The Morgan fingerprint density at radius 3 is 2.75 bits per heavy atom. The normalized spacial score (nSPS) is 9.65. The number of benzene rings is 1. The van der Waals surface area contributed by atoms with E-state index in [1.807, 2.05) is 6.92 Å². The van der Waals surface area contributed by atoms with E-state index < -0.39 is 4.92 Å². The van der Waals surface area contributed by atoms with Gasteiger partial charge < -0.3 is 9.64 Å². The number of nitro benzene ring substituents is 1. The fourth-order valence-corrected chi connectivity index (χ4v) is 1.77. The Labute approximate surface area is 117 Å². The van der Waals surface area contributed by atoms with Crippen molar-refractivity contribution in [3.63, 3.8) is 0 Å². The van der Waals surface area contributed by atoms with E-state index in [9.17, 15) is 14.9 Å². The van der Waals surface area contributed by atoms with Gasteiger partial charge in [-0.2, -0.15) is 0 Å². The zero-order valence-electron chi connectivity index (χ0n) is 11.5. The number of methoxy groups -OCH3 is 1. The Morgan fingerprint density at radius 1 is 1.55 bits per heavy atom. The number of terminal acetylenes is 1. The number of nitro groups is 1. The highest BCUT2D eigenvalue weighted by molar-refractivity contribution is 5.97. The van der Waals surface area contributed by atoms with Crippen LogP contribution >= 0.6 is 0 Å². The molecule has 0 bridgehead atoms. The van der Waals surface area contributed by atoms with Crippen molar-refractivity contribution in [1.82, 2.24) is 4.90 Å². The minimum Gasteiger partial charge on any atom is -0.496 e. The number of amides is 1. The van der Waals surface area contributed by atoms with Gasteiger partial charge in [0.2, 0.25) is 0 Å². The quantitative estimate of drug-likeness (QED) is 0.453. The van der Waals surface area contributed by atoms with Crippen molar-refractivity contribution in [3.05, 3.63) is 33.9 Å². The zero-order valence-corrected chi connectivity index (χ0v) is 11.5. The molecule has 1 aromatic carbocycles. The Morgan fingerprint density at radius 2 is 2.25 bits per heavy atom. The molecule has 1 rings (SSSR count). The van der Waals surface area contributed by atoms with Crippen molar-refractivity contribution in [1.29, 1.82) is 0 Å². The fourth-order valence-electron chi connectivity index (χ4n) is 1.77. The van der Waals surface area contributed by atoms with E-state index in [2.05, 4.69) is 5.92 Å². The van der Waals surface area contributed by atoms with Gasteiger partial charge >= 0.3 is 0 Å². The maximum absolute atomic E-state index is 12.4. The average molecular weight is 276 g/mol. The second-order valence-corrected chi connectivity index (χ2v) is 4.07. The number of non-ortho nitro benzene ring substituents is 1. The molecule has 0 N–H and O–H groups in total. The van der Waals surface area contributed by atoms with E-state index in [1.165, 1.54) is 30.2 Å². The highest BCUT2D eigenvalue weighted by atomic mass is 16.6. The van der Waals surface area contributed by atoms with Crippen molar-refractivity contribution >= 4 is 11.6 Å². The van der Waals surface area contributed by atoms with Crippen molar-refractivity contribution in [2.45, 2.75) is 13.3 Å². The Balaban J connectivity index is 3.14. The highest BCUT2D eigenvalue weighted by Crippen LogP contribution is 2.25. The molecule has 20 heavy (non-hydrogen) atoms. The van der Waals surface area contributed by atoms with Gasteiger partial charge in [-0.25, -0.2) is 0 Å². The summed E-state index contributed by atoms with van der Waals surface area (Å²) in [5, 5.41) is 10.7. The number of ether oxygens (including phenoxy) is 1. The summed E-state index contributed by atoms with van der Waals surface area (Å²) < 4.78 is 5.06. The molecule has 0 aliphatic rings. The lowest BCUT2D eigenvalue weighted by Gasteiger charge is -2.20. The SMILES string of the molecule is C#CCN(CCC)C(=O)c1ccc([N+](=O)[O-])cc1OC. The van der Waals surface area contributed by atoms with Crippen LogP contribution in [0.2, 0.25) is 0 Å². The number of carbonyl (C=O) groups excluding carboxylic acids is 1. The van der Waals surface area contributed by atoms with Crippen molar-refractivity contribution < 1.29 is 14.5 Å². The minimum absolute atomic E-state index is 0.127. The average Bonchev–Trinajstić information content (AvgIpc) is 2.45. The van der Waals surface area contributed by atoms with Crippen molar-refractivity contribution in [2.75, 3.05) is 20.2 Å². The molecule has 6 heteroatoms. The van der Waals surface area contributed by atoms with Gasteiger partial charge in [0.15, 0.2) is 0 Å². The lowest BCUT2D eigenvalue weighted by Crippen LogP contribution is -2.32. The second-order valence-electron chi connectivity index (χ2n) is 4.07. The molecule has 1 amide bonds. The third kappa shape index (κ3) is 3.48. The summed E-state index contributed by atoms with van der Waals surface area (Å²) >= 11 is 0. The molecule has 0 saturated heterocycles. The number of hydrogen-bond donors (Lipinski definition) is 0. The topological polar surface area (TPSA) is 72.7 Å². The third-order valence-corrected chi connectivity index (χ3v) is 2.69. The monoisotopic (exact) mass is 276 g/mol. The molecule has 0 unspecified atom stereocenters. The van der Waals surface area contributed by atoms with Gasteiger partial charge in [0.25, 0.3) is 11.6 Å². The standard InChI is InChI=1S/C14H16N2O4/c1-4-8-15(9-5-2)14(17)12-7-6-11(16(18)19)10-13(12)20-3/h1,6-7,10H,5,8-9H2,2-3H3. The number of rotatable bonds is 6. The molecule has 1 aromatic rings. The first-order chi connectivity index (χ1) is 9.54. The van der Waals surface area contributed by atoms with Crippen LogP contribution in [0.5, 0.6) is 5.75 Å². The molecule has 6 nitrogen and oxygen atoms in total. The summed E-state index contributed by atoms with van der Waals surface area (Å²) in [5.41, 5.74) is 0.138. The van der Waals surface area contributed by atoms with Crippen molar-refractivity contribution in [2.24, 2.45) is 0 Å². The molecule has 0 radical (unpaired) electrons. The molecule has 0 aliphatic heterocycles. The summed E-state index contributed by atoms with van der Waals surface area (Å²) in [6, 6.07) is 3.89. The van der Waals surface area contributed by atoms with Crippen LogP contribution in [-0.4, -0.2) is 35.9 Å². The third-order valence-electron chi connectivity index (χ3n) is 2.69. The number of nitrogens with zero attached hydrogens (tertiary/aromatic N) is 2. The number of hydrogen-bond acceptors (Lipinski definition) is 4. The first-order valence-corrected chi connectivity index (χ1v) is 6.10. The minimum atomic E-state index is -0.540. The molecule has 0 heterocycles. The van der Waals surface area contributed by atoms with E-state index in [0.717, 1.165) is 6.42 Å². The first-order valence-electron chi connectivity index (χ1n) is 6.10. The number of carbonyl (C=O) groups is 1. The van der Waals surface area contributed by atoms with Crippen LogP contribution in [-0.2, 0) is 0 Å². The zero-order chi connectivity index (χ0) is 15.1. The molecule has 0 spiro atoms.